The topological polar surface area (TPSA) is 0 Å². The van der Waals surface area contributed by atoms with E-state index >= 15 is 0 Å². The van der Waals surface area contributed by atoms with Crippen molar-refractivity contribution in [2.24, 2.45) is 11.8 Å². The van der Waals surface area contributed by atoms with Crippen molar-refractivity contribution in [3.63, 3.8) is 0 Å². The Balaban J connectivity index is 2.29. The van der Waals surface area contributed by atoms with Crippen LogP contribution in [0.15, 0.2) is 30.3 Å². The molecule has 1 aromatic carbocycles. The van der Waals surface area contributed by atoms with Gasteiger partial charge in [-0.05, 0) is 29.4 Å². The molecular formula is C13H16. The van der Waals surface area contributed by atoms with E-state index < -0.39 is 0 Å². The lowest BCUT2D eigenvalue weighted by Gasteiger charge is -2.22. The van der Waals surface area contributed by atoms with Crippen LogP contribution < -0.4 is 0 Å². The largest absolute Gasteiger partial charge is 0.0802 e. The van der Waals surface area contributed by atoms with Crippen LogP contribution in [0.2, 0.25) is 0 Å². The lowest BCUT2D eigenvalue weighted by molar-refractivity contribution is 0.461. The summed E-state index contributed by atoms with van der Waals surface area (Å²) in [6, 6.07) is 8.69. The van der Waals surface area contributed by atoms with Gasteiger partial charge in [0.15, 0.2) is 0 Å². The van der Waals surface area contributed by atoms with Crippen molar-refractivity contribution in [1.29, 1.82) is 0 Å². The third kappa shape index (κ3) is 1.67. The normalized spacial score (nSPS) is 20.4. The van der Waals surface area contributed by atoms with E-state index in [-0.39, 0.29) is 0 Å². The molecule has 1 unspecified atom stereocenters. The Morgan fingerprint density at radius 1 is 1.23 bits per heavy atom. The molecule has 0 spiro atoms. The lowest BCUT2D eigenvalue weighted by Crippen LogP contribution is -2.12. The van der Waals surface area contributed by atoms with E-state index in [1.807, 2.05) is 0 Å². The quantitative estimate of drug-likeness (QED) is 0.608. The van der Waals surface area contributed by atoms with E-state index in [1.165, 1.54) is 17.5 Å². The van der Waals surface area contributed by atoms with Gasteiger partial charge in [0.1, 0.15) is 0 Å². The van der Waals surface area contributed by atoms with Crippen molar-refractivity contribution >= 4 is 6.08 Å². The Morgan fingerprint density at radius 3 is 2.77 bits per heavy atom. The molecule has 1 aromatic rings. The highest BCUT2D eigenvalue weighted by Crippen LogP contribution is 2.26. The van der Waals surface area contributed by atoms with Gasteiger partial charge in [-0.1, -0.05) is 50.3 Å². The maximum atomic E-state index is 2.35. The maximum Gasteiger partial charge on any atom is -0.0166 e. The van der Waals surface area contributed by atoms with E-state index in [2.05, 4.69) is 50.3 Å². The number of allylic oxidation sites excluding steroid dienone is 1. The Morgan fingerprint density at radius 2 is 2.00 bits per heavy atom. The second-order valence-electron chi connectivity index (χ2n) is 4.17. The van der Waals surface area contributed by atoms with Crippen LogP contribution in [0, 0.1) is 11.8 Å². The van der Waals surface area contributed by atoms with Crippen LogP contribution in [0.25, 0.3) is 6.08 Å². The van der Waals surface area contributed by atoms with Gasteiger partial charge in [0, 0.05) is 0 Å². The molecule has 0 aliphatic heterocycles. The summed E-state index contributed by atoms with van der Waals surface area (Å²) in [7, 11) is 0. The second kappa shape index (κ2) is 3.37. The molecule has 0 heterocycles. The van der Waals surface area contributed by atoms with Crippen LogP contribution >= 0.6 is 0 Å². The number of rotatable bonds is 1. The molecular weight excluding hydrogens is 156 g/mol. The zero-order valence-corrected chi connectivity index (χ0v) is 8.33. The summed E-state index contributed by atoms with van der Waals surface area (Å²) in [6.45, 7) is 4.59. The summed E-state index contributed by atoms with van der Waals surface area (Å²) >= 11 is 0. The average Bonchev–Trinajstić information content (AvgIpc) is 2.17. The third-order valence-corrected chi connectivity index (χ3v) is 2.89. The summed E-state index contributed by atoms with van der Waals surface area (Å²) < 4.78 is 0. The molecule has 1 atom stereocenters. The van der Waals surface area contributed by atoms with Gasteiger partial charge in [0.2, 0.25) is 0 Å². The predicted molar refractivity (Wildman–Crippen MR) is 57.5 cm³/mol. The van der Waals surface area contributed by atoms with Crippen molar-refractivity contribution in [3.05, 3.63) is 41.5 Å². The number of fused-ring (bicyclic) bond motifs is 1. The van der Waals surface area contributed by atoms with Gasteiger partial charge < -0.3 is 0 Å². The first-order valence-electron chi connectivity index (χ1n) is 5.03. The average molecular weight is 172 g/mol. The second-order valence-corrected chi connectivity index (χ2v) is 4.17. The van der Waals surface area contributed by atoms with E-state index in [9.17, 15) is 0 Å². The maximum absolute atomic E-state index is 2.35. The molecule has 0 radical (unpaired) electrons. The Kier molecular flexibility index (Phi) is 2.22. The highest BCUT2D eigenvalue weighted by atomic mass is 14.2. The smallest absolute Gasteiger partial charge is 0.0166 e. The van der Waals surface area contributed by atoms with Crippen LogP contribution in [0.4, 0.5) is 0 Å². The standard InChI is InChI=1S/C13H16/c1-10(2)12-8-7-11-5-3-4-6-13(11)9-12/h3-8,10,12H,9H2,1-2H3. The lowest BCUT2D eigenvalue weighted by atomic mass is 9.83. The monoisotopic (exact) mass is 172 g/mol. The van der Waals surface area contributed by atoms with E-state index in [4.69, 9.17) is 0 Å². The van der Waals surface area contributed by atoms with Crippen LogP contribution in [0.3, 0.4) is 0 Å². The van der Waals surface area contributed by atoms with Gasteiger partial charge in [-0.3, -0.25) is 0 Å². The molecule has 0 aromatic heterocycles. The summed E-state index contributed by atoms with van der Waals surface area (Å²) in [5, 5.41) is 0. The minimum Gasteiger partial charge on any atom is -0.0802 e. The molecule has 0 fully saturated rings. The van der Waals surface area contributed by atoms with E-state index in [0.717, 1.165) is 11.8 Å². The van der Waals surface area contributed by atoms with Crippen LogP contribution in [-0.4, -0.2) is 0 Å². The van der Waals surface area contributed by atoms with Crippen molar-refractivity contribution in [3.8, 4) is 0 Å². The highest BCUT2D eigenvalue weighted by Gasteiger charge is 2.15. The van der Waals surface area contributed by atoms with Crippen LogP contribution in [0.5, 0.6) is 0 Å². The number of hydrogen-bond acceptors (Lipinski definition) is 0. The van der Waals surface area contributed by atoms with Crippen LogP contribution in [-0.2, 0) is 6.42 Å². The predicted octanol–water partition coefficient (Wildman–Crippen LogP) is 3.53. The summed E-state index contributed by atoms with van der Waals surface area (Å²) in [4.78, 5) is 0. The van der Waals surface area contributed by atoms with Gasteiger partial charge in [0.05, 0.1) is 0 Å². The fourth-order valence-electron chi connectivity index (χ4n) is 1.89. The summed E-state index contributed by atoms with van der Waals surface area (Å²) in [5.74, 6) is 1.49. The first-order valence-corrected chi connectivity index (χ1v) is 5.03. The van der Waals surface area contributed by atoms with E-state index in [0.29, 0.717) is 0 Å². The molecule has 0 N–H and O–H groups in total. The van der Waals surface area contributed by atoms with Crippen molar-refractivity contribution in [1.82, 2.24) is 0 Å². The molecule has 0 amide bonds. The Hall–Kier alpha value is -1.04. The number of benzene rings is 1. The third-order valence-electron chi connectivity index (χ3n) is 2.89. The molecule has 13 heavy (non-hydrogen) atoms. The van der Waals surface area contributed by atoms with Crippen LogP contribution in [0.1, 0.15) is 25.0 Å². The van der Waals surface area contributed by atoms with Crippen molar-refractivity contribution < 1.29 is 0 Å². The highest BCUT2D eigenvalue weighted by molar-refractivity contribution is 5.56. The Labute approximate surface area is 80.3 Å². The molecule has 0 nitrogen and oxygen atoms in total. The van der Waals surface area contributed by atoms with Gasteiger partial charge in [-0.25, -0.2) is 0 Å². The summed E-state index contributed by atoms with van der Waals surface area (Å²) in [5.41, 5.74) is 2.91. The molecule has 1 aliphatic carbocycles. The van der Waals surface area contributed by atoms with Crippen molar-refractivity contribution in [2.45, 2.75) is 20.3 Å². The first kappa shape index (κ1) is 8.55. The molecule has 0 heteroatoms. The Bertz CT molecular complexity index is 321. The van der Waals surface area contributed by atoms with E-state index in [1.54, 1.807) is 0 Å². The minimum absolute atomic E-state index is 0.731. The van der Waals surface area contributed by atoms with Gasteiger partial charge >= 0.3 is 0 Å². The zero-order chi connectivity index (χ0) is 9.26. The first-order chi connectivity index (χ1) is 6.27. The minimum atomic E-state index is 0.731. The number of hydrogen-bond donors (Lipinski definition) is 0. The molecule has 2 rings (SSSR count). The molecule has 68 valence electrons. The SMILES string of the molecule is CC(C)C1C=Cc2ccccc2C1. The fraction of sp³-hybridized carbons (Fsp3) is 0.385. The molecule has 0 saturated heterocycles. The van der Waals surface area contributed by atoms with Gasteiger partial charge in [-0.2, -0.15) is 0 Å². The van der Waals surface area contributed by atoms with Gasteiger partial charge in [-0.15, -0.1) is 0 Å². The van der Waals surface area contributed by atoms with Gasteiger partial charge in [0.25, 0.3) is 0 Å². The molecule has 1 aliphatic rings. The summed E-state index contributed by atoms with van der Waals surface area (Å²) in [6.07, 6.45) is 5.83. The molecule has 0 bridgehead atoms. The van der Waals surface area contributed by atoms with Crippen molar-refractivity contribution in [2.75, 3.05) is 0 Å². The molecule has 0 saturated carbocycles. The fourth-order valence-corrected chi connectivity index (χ4v) is 1.89. The zero-order valence-electron chi connectivity index (χ0n) is 8.33.